The van der Waals surface area contributed by atoms with E-state index in [0.29, 0.717) is 6.61 Å². The number of hydrogen-bond donors (Lipinski definition) is 1. The minimum absolute atomic E-state index is 0.295. The summed E-state index contributed by atoms with van der Waals surface area (Å²) in [6.45, 7) is 7.68. The summed E-state index contributed by atoms with van der Waals surface area (Å²) in [5.74, 6) is -1.35. The summed E-state index contributed by atoms with van der Waals surface area (Å²) in [6.07, 6.45) is -2.53. The van der Waals surface area contributed by atoms with E-state index in [9.17, 15) is 5.11 Å². The molecule has 18 heavy (non-hydrogen) atoms. The third-order valence-electron chi connectivity index (χ3n) is 3.45. The maximum Gasteiger partial charge on any atom is 0.190 e. The smallest absolute Gasteiger partial charge is 0.190 e. The summed E-state index contributed by atoms with van der Waals surface area (Å²) in [4.78, 5) is 0. The Hall–Kier alpha value is -0.240. The molecule has 0 saturated carbocycles. The highest BCUT2D eigenvalue weighted by Gasteiger charge is 2.57. The van der Waals surface area contributed by atoms with Crippen molar-refractivity contribution < 1.29 is 28.8 Å². The molecule has 0 aromatic rings. The summed E-state index contributed by atoms with van der Waals surface area (Å²) < 4.78 is 28.1. The molecule has 0 aromatic carbocycles. The third kappa shape index (κ3) is 2.07. The van der Waals surface area contributed by atoms with Gasteiger partial charge in [-0.2, -0.15) is 0 Å². The Bertz CT molecular complexity index is 341. The van der Waals surface area contributed by atoms with Gasteiger partial charge in [0, 0.05) is 0 Å². The van der Waals surface area contributed by atoms with Crippen LogP contribution in [0.4, 0.5) is 0 Å². The average Bonchev–Trinajstić information content (AvgIpc) is 2.81. The predicted molar refractivity (Wildman–Crippen MR) is 59.6 cm³/mol. The largest absolute Gasteiger partial charge is 0.387 e. The second kappa shape index (κ2) is 3.88. The predicted octanol–water partition coefficient (Wildman–Crippen LogP) is 0.375. The number of fused-ring (bicyclic) bond motifs is 1. The molecule has 5 atom stereocenters. The first-order valence-electron chi connectivity index (χ1n) is 6.28. The third-order valence-corrected chi connectivity index (χ3v) is 3.45. The quantitative estimate of drug-likeness (QED) is 0.735. The van der Waals surface area contributed by atoms with Crippen molar-refractivity contribution in [3.8, 4) is 0 Å². The van der Waals surface area contributed by atoms with Crippen molar-refractivity contribution >= 4 is 0 Å². The molecule has 6 nitrogen and oxygen atoms in total. The number of aliphatic hydroxyl groups is 1. The van der Waals surface area contributed by atoms with E-state index in [1.54, 1.807) is 13.8 Å². The van der Waals surface area contributed by atoms with Crippen molar-refractivity contribution in [1.29, 1.82) is 0 Å². The van der Waals surface area contributed by atoms with Gasteiger partial charge in [-0.05, 0) is 27.7 Å². The molecule has 3 heterocycles. The number of hydrogen-bond acceptors (Lipinski definition) is 6. The van der Waals surface area contributed by atoms with E-state index in [0.717, 1.165) is 0 Å². The number of aliphatic hydroxyl groups excluding tert-OH is 1. The van der Waals surface area contributed by atoms with Crippen LogP contribution in [0.1, 0.15) is 27.7 Å². The van der Waals surface area contributed by atoms with Crippen molar-refractivity contribution in [2.45, 2.75) is 70.0 Å². The maximum absolute atomic E-state index is 10.3. The zero-order chi connectivity index (χ0) is 13.1. The van der Waals surface area contributed by atoms with Gasteiger partial charge in [-0.3, -0.25) is 0 Å². The second-order valence-electron chi connectivity index (χ2n) is 5.93. The van der Waals surface area contributed by atoms with Crippen LogP contribution in [-0.2, 0) is 23.7 Å². The fourth-order valence-corrected chi connectivity index (χ4v) is 2.70. The van der Waals surface area contributed by atoms with Crippen LogP contribution in [0.25, 0.3) is 0 Å². The van der Waals surface area contributed by atoms with Gasteiger partial charge in [0.15, 0.2) is 17.9 Å². The van der Waals surface area contributed by atoms with Crippen LogP contribution in [0.3, 0.4) is 0 Å². The molecule has 0 bridgehead atoms. The summed E-state index contributed by atoms with van der Waals surface area (Å²) >= 11 is 0. The second-order valence-corrected chi connectivity index (χ2v) is 5.93. The maximum atomic E-state index is 10.3. The molecule has 0 spiro atoms. The molecule has 3 aliphatic rings. The molecule has 0 amide bonds. The standard InChI is InChI=1S/C12H20O6/c1-11(2)14-5-6(16-11)8-7(13)9-10(15-8)18-12(3,4)17-9/h6-10,13H,5H2,1-4H3/t6-,7-,8?,9?,10?/m0/s1. The average molecular weight is 260 g/mol. The van der Waals surface area contributed by atoms with Crippen molar-refractivity contribution in [3.63, 3.8) is 0 Å². The Morgan fingerprint density at radius 3 is 2.22 bits per heavy atom. The van der Waals surface area contributed by atoms with Crippen molar-refractivity contribution in [3.05, 3.63) is 0 Å². The lowest BCUT2D eigenvalue weighted by molar-refractivity contribution is -0.232. The lowest BCUT2D eigenvalue weighted by atomic mass is 10.1. The van der Waals surface area contributed by atoms with Crippen molar-refractivity contribution in [2.75, 3.05) is 6.61 Å². The van der Waals surface area contributed by atoms with E-state index in [2.05, 4.69) is 0 Å². The van der Waals surface area contributed by atoms with Gasteiger partial charge in [0.1, 0.15) is 24.4 Å². The van der Waals surface area contributed by atoms with E-state index >= 15 is 0 Å². The minimum Gasteiger partial charge on any atom is -0.387 e. The summed E-state index contributed by atoms with van der Waals surface area (Å²) in [5.41, 5.74) is 0. The van der Waals surface area contributed by atoms with E-state index in [-0.39, 0.29) is 6.10 Å². The van der Waals surface area contributed by atoms with Crippen LogP contribution < -0.4 is 0 Å². The molecule has 3 rings (SSSR count). The molecule has 1 N–H and O–H groups in total. The van der Waals surface area contributed by atoms with Crippen LogP contribution >= 0.6 is 0 Å². The Labute approximate surface area is 106 Å². The lowest BCUT2D eigenvalue weighted by Crippen LogP contribution is -2.42. The Balaban J connectivity index is 1.68. The van der Waals surface area contributed by atoms with E-state index in [1.165, 1.54) is 0 Å². The molecule has 3 aliphatic heterocycles. The molecular formula is C12H20O6. The van der Waals surface area contributed by atoms with Crippen LogP contribution in [0.5, 0.6) is 0 Å². The molecule has 104 valence electrons. The monoisotopic (exact) mass is 260 g/mol. The van der Waals surface area contributed by atoms with E-state index in [4.69, 9.17) is 23.7 Å². The highest BCUT2D eigenvalue weighted by Crippen LogP contribution is 2.40. The lowest BCUT2D eigenvalue weighted by Gasteiger charge is -2.26. The topological polar surface area (TPSA) is 66.4 Å². The molecular weight excluding hydrogens is 240 g/mol. The molecule has 0 aliphatic carbocycles. The van der Waals surface area contributed by atoms with Gasteiger partial charge in [0.05, 0.1) is 6.61 Å². The van der Waals surface area contributed by atoms with Crippen molar-refractivity contribution in [2.24, 2.45) is 0 Å². The van der Waals surface area contributed by atoms with Gasteiger partial charge < -0.3 is 28.8 Å². The molecule has 3 saturated heterocycles. The van der Waals surface area contributed by atoms with Gasteiger partial charge >= 0.3 is 0 Å². The highest BCUT2D eigenvalue weighted by atomic mass is 16.8. The summed E-state index contributed by atoms with van der Waals surface area (Å²) in [6, 6.07) is 0. The molecule has 6 heteroatoms. The van der Waals surface area contributed by atoms with E-state index < -0.39 is 36.2 Å². The highest BCUT2D eigenvalue weighted by molar-refractivity contribution is 4.97. The number of rotatable bonds is 1. The van der Waals surface area contributed by atoms with Crippen LogP contribution in [0.15, 0.2) is 0 Å². The normalized spacial score (nSPS) is 49.5. The van der Waals surface area contributed by atoms with Gasteiger partial charge in [-0.1, -0.05) is 0 Å². The molecule has 3 fully saturated rings. The van der Waals surface area contributed by atoms with Crippen molar-refractivity contribution in [1.82, 2.24) is 0 Å². The van der Waals surface area contributed by atoms with E-state index in [1.807, 2.05) is 13.8 Å². The first-order valence-corrected chi connectivity index (χ1v) is 6.28. The Morgan fingerprint density at radius 2 is 1.67 bits per heavy atom. The first kappa shape index (κ1) is 12.8. The fraction of sp³-hybridized carbons (Fsp3) is 1.00. The van der Waals surface area contributed by atoms with Gasteiger partial charge in [0.25, 0.3) is 0 Å². The first-order chi connectivity index (χ1) is 8.27. The zero-order valence-corrected chi connectivity index (χ0v) is 11.1. The van der Waals surface area contributed by atoms with Crippen LogP contribution in [0.2, 0.25) is 0 Å². The van der Waals surface area contributed by atoms with Crippen LogP contribution in [0, 0.1) is 0 Å². The molecule has 0 radical (unpaired) electrons. The zero-order valence-electron chi connectivity index (χ0n) is 11.1. The number of ether oxygens (including phenoxy) is 5. The summed E-state index contributed by atoms with van der Waals surface area (Å²) in [7, 11) is 0. The molecule has 3 unspecified atom stereocenters. The van der Waals surface area contributed by atoms with Crippen LogP contribution in [-0.4, -0.2) is 54.0 Å². The fourth-order valence-electron chi connectivity index (χ4n) is 2.70. The Morgan fingerprint density at radius 1 is 0.944 bits per heavy atom. The molecule has 0 aromatic heterocycles. The Kier molecular flexibility index (Phi) is 2.75. The van der Waals surface area contributed by atoms with Gasteiger partial charge in [-0.25, -0.2) is 0 Å². The van der Waals surface area contributed by atoms with Gasteiger partial charge in [0.2, 0.25) is 0 Å². The SMILES string of the molecule is CC1(C)OC2OC([C@@H]3COC(C)(C)O3)[C@H](O)C2O1. The summed E-state index contributed by atoms with van der Waals surface area (Å²) in [5, 5.41) is 10.3. The minimum atomic E-state index is -0.765. The van der Waals surface area contributed by atoms with Gasteiger partial charge in [-0.15, -0.1) is 0 Å².